The first kappa shape index (κ1) is 24.1. The van der Waals surface area contributed by atoms with Gasteiger partial charge in [0.2, 0.25) is 10.0 Å². The number of hydrogen-bond donors (Lipinski definition) is 2. The van der Waals surface area contributed by atoms with E-state index in [1.807, 2.05) is 31.2 Å². The molecule has 2 aromatic carbocycles. The second-order valence-corrected chi connectivity index (χ2v) is 9.92. The first-order valence-electron chi connectivity index (χ1n) is 11.0. The molecular weight excluding hydrogens is 428 g/mol. The molecule has 2 N–H and O–H groups in total. The van der Waals surface area contributed by atoms with Gasteiger partial charge in [0.1, 0.15) is 11.5 Å². The quantitative estimate of drug-likeness (QED) is 0.593. The molecule has 32 heavy (non-hydrogen) atoms. The highest BCUT2D eigenvalue weighted by Gasteiger charge is 2.22. The van der Waals surface area contributed by atoms with E-state index in [0.29, 0.717) is 17.1 Å². The van der Waals surface area contributed by atoms with Gasteiger partial charge in [0.15, 0.2) is 6.61 Å². The molecule has 8 heteroatoms. The third-order valence-corrected chi connectivity index (χ3v) is 7.24. The monoisotopic (exact) mass is 460 g/mol. The summed E-state index contributed by atoms with van der Waals surface area (Å²) in [6, 6.07) is 11.9. The van der Waals surface area contributed by atoms with Gasteiger partial charge < -0.3 is 14.8 Å². The van der Waals surface area contributed by atoms with Crippen LogP contribution in [0.5, 0.6) is 11.5 Å². The number of nitrogens with one attached hydrogen (secondary N) is 2. The van der Waals surface area contributed by atoms with Crippen molar-refractivity contribution in [3.05, 3.63) is 53.6 Å². The smallest absolute Gasteiger partial charge is 0.258 e. The van der Waals surface area contributed by atoms with Gasteiger partial charge in [-0.3, -0.25) is 4.79 Å². The Hall–Kier alpha value is -2.58. The van der Waals surface area contributed by atoms with E-state index in [1.54, 1.807) is 26.2 Å². The van der Waals surface area contributed by atoms with Crippen molar-refractivity contribution in [3.8, 4) is 11.5 Å². The summed E-state index contributed by atoms with van der Waals surface area (Å²) in [5, 5.41) is 2.89. The van der Waals surface area contributed by atoms with Crippen molar-refractivity contribution in [2.45, 2.75) is 62.9 Å². The standard InChI is InChI=1S/C24H32N2O5S/c1-17-15-20(32(28,29)26-19-9-5-4-6-10-19)13-14-22(17)31-16-24(27)25-18(2)21-11-7-8-12-23(21)30-3/h7-8,11-15,18-19,26H,4-6,9-10,16H2,1-3H3,(H,25,27)/t18-/m0/s1. The number of hydrogen-bond acceptors (Lipinski definition) is 5. The highest BCUT2D eigenvalue weighted by Crippen LogP contribution is 2.25. The molecule has 0 unspecified atom stereocenters. The van der Waals surface area contributed by atoms with Gasteiger partial charge in [-0.15, -0.1) is 0 Å². The van der Waals surface area contributed by atoms with E-state index in [1.165, 1.54) is 6.07 Å². The van der Waals surface area contributed by atoms with Crippen LogP contribution in [0.4, 0.5) is 0 Å². The van der Waals surface area contributed by atoms with E-state index in [9.17, 15) is 13.2 Å². The average molecular weight is 461 g/mol. The van der Waals surface area contributed by atoms with Gasteiger partial charge in [-0.2, -0.15) is 0 Å². The van der Waals surface area contributed by atoms with E-state index in [4.69, 9.17) is 9.47 Å². The van der Waals surface area contributed by atoms with Crippen LogP contribution in [-0.2, 0) is 14.8 Å². The van der Waals surface area contributed by atoms with Crippen LogP contribution in [0.2, 0.25) is 0 Å². The normalized spacial score (nSPS) is 15.7. The summed E-state index contributed by atoms with van der Waals surface area (Å²) in [6.45, 7) is 3.47. The van der Waals surface area contributed by atoms with Gasteiger partial charge in [0, 0.05) is 11.6 Å². The summed E-state index contributed by atoms with van der Waals surface area (Å²) in [6.07, 6.45) is 5.02. The molecule has 0 bridgehead atoms. The van der Waals surface area contributed by atoms with Gasteiger partial charge in [-0.05, 0) is 56.5 Å². The number of aryl methyl sites for hydroxylation is 1. The molecular formula is C24H32N2O5S. The fraction of sp³-hybridized carbons (Fsp3) is 0.458. The SMILES string of the molecule is COc1ccccc1[C@H](C)NC(=O)COc1ccc(S(=O)(=O)NC2CCCCC2)cc1C. The van der Waals surface area contributed by atoms with E-state index >= 15 is 0 Å². The van der Waals surface area contributed by atoms with Crippen LogP contribution in [0.3, 0.4) is 0 Å². The first-order valence-corrected chi connectivity index (χ1v) is 12.5. The predicted octanol–water partition coefficient (Wildman–Crippen LogP) is 3.87. The minimum Gasteiger partial charge on any atom is -0.496 e. The van der Waals surface area contributed by atoms with Crippen LogP contribution in [0.1, 0.15) is 56.2 Å². The number of benzene rings is 2. The minimum absolute atomic E-state index is 0.00101. The second-order valence-electron chi connectivity index (χ2n) is 8.20. The number of rotatable bonds is 9. The Kier molecular flexibility index (Phi) is 8.15. The molecule has 1 fully saturated rings. The molecule has 0 aliphatic heterocycles. The van der Waals surface area contributed by atoms with Crippen LogP contribution in [0.25, 0.3) is 0 Å². The molecule has 0 heterocycles. The van der Waals surface area contributed by atoms with Crippen molar-refractivity contribution in [3.63, 3.8) is 0 Å². The lowest BCUT2D eigenvalue weighted by Crippen LogP contribution is -2.36. The number of para-hydroxylation sites is 1. The predicted molar refractivity (Wildman–Crippen MR) is 123 cm³/mol. The van der Waals surface area contributed by atoms with Gasteiger partial charge in [0.25, 0.3) is 5.91 Å². The second kappa shape index (κ2) is 10.8. The van der Waals surface area contributed by atoms with Crippen molar-refractivity contribution in [2.24, 2.45) is 0 Å². The molecule has 1 saturated carbocycles. The number of carbonyl (C=O) groups excluding carboxylic acids is 1. The van der Waals surface area contributed by atoms with Crippen LogP contribution in [-0.4, -0.2) is 34.1 Å². The minimum atomic E-state index is -3.58. The summed E-state index contributed by atoms with van der Waals surface area (Å²) >= 11 is 0. The first-order chi connectivity index (χ1) is 15.3. The number of carbonyl (C=O) groups is 1. The Morgan fingerprint density at radius 3 is 2.50 bits per heavy atom. The lowest BCUT2D eigenvalue weighted by Gasteiger charge is -2.22. The number of methoxy groups -OCH3 is 1. The lowest BCUT2D eigenvalue weighted by molar-refractivity contribution is -0.123. The van der Waals surface area contributed by atoms with Gasteiger partial charge in [-0.25, -0.2) is 13.1 Å². The topological polar surface area (TPSA) is 93.7 Å². The number of sulfonamides is 1. The summed E-state index contributed by atoms with van der Waals surface area (Å²) in [7, 11) is -1.99. The summed E-state index contributed by atoms with van der Waals surface area (Å²) in [5.41, 5.74) is 1.53. The van der Waals surface area contributed by atoms with E-state index in [-0.39, 0.29) is 29.5 Å². The highest BCUT2D eigenvalue weighted by atomic mass is 32.2. The maximum Gasteiger partial charge on any atom is 0.258 e. The fourth-order valence-corrected chi connectivity index (χ4v) is 5.38. The Labute approximate surface area is 190 Å². The summed E-state index contributed by atoms with van der Waals surface area (Å²) < 4.78 is 39.2. The third-order valence-electron chi connectivity index (χ3n) is 5.73. The molecule has 0 aromatic heterocycles. The van der Waals surface area contributed by atoms with Crippen molar-refractivity contribution in [1.82, 2.24) is 10.0 Å². The average Bonchev–Trinajstić information content (AvgIpc) is 2.78. The molecule has 2 aromatic rings. The maximum atomic E-state index is 12.7. The lowest BCUT2D eigenvalue weighted by atomic mass is 9.96. The molecule has 1 aliphatic rings. The molecule has 7 nitrogen and oxygen atoms in total. The molecule has 0 radical (unpaired) electrons. The van der Waals surface area contributed by atoms with Crippen LogP contribution >= 0.6 is 0 Å². The fourth-order valence-electron chi connectivity index (χ4n) is 3.99. The van der Waals surface area contributed by atoms with E-state index in [2.05, 4.69) is 10.0 Å². The van der Waals surface area contributed by atoms with Gasteiger partial charge in [-0.1, -0.05) is 37.5 Å². The Morgan fingerprint density at radius 1 is 1.09 bits per heavy atom. The maximum absolute atomic E-state index is 12.7. The highest BCUT2D eigenvalue weighted by molar-refractivity contribution is 7.89. The third kappa shape index (κ3) is 6.23. The molecule has 174 valence electrons. The zero-order chi connectivity index (χ0) is 23.1. The van der Waals surface area contributed by atoms with Gasteiger partial charge in [0.05, 0.1) is 18.0 Å². The van der Waals surface area contributed by atoms with Crippen LogP contribution in [0, 0.1) is 6.92 Å². The number of amides is 1. The Balaban J connectivity index is 1.58. The molecule has 3 rings (SSSR count). The van der Waals surface area contributed by atoms with Crippen molar-refractivity contribution in [1.29, 1.82) is 0 Å². The zero-order valence-corrected chi connectivity index (χ0v) is 19.7. The van der Waals surface area contributed by atoms with Crippen molar-refractivity contribution < 1.29 is 22.7 Å². The summed E-state index contributed by atoms with van der Waals surface area (Å²) in [5.74, 6) is 0.899. The zero-order valence-electron chi connectivity index (χ0n) is 18.9. The van der Waals surface area contributed by atoms with E-state index < -0.39 is 10.0 Å². The van der Waals surface area contributed by atoms with Crippen LogP contribution < -0.4 is 19.5 Å². The van der Waals surface area contributed by atoms with E-state index in [0.717, 1.165) is 37.7 Å². The Bertz CT molecular complexity index is 1030. The molecule has 1 amide bonds. The summed E-state index contributed by atoms with van der Waals surface area (Å²) in [4.78, 5) is 12.6. The van der Waals surface area contributed by atoms with Crippen molar-refractivity contribution in [2.75, 3.05) is 13.7 Å². The van der Waals surface area contributed by atoms with Crippen molar-refractivity contribution >= 4 is 15.9 Å². The Morgan fingerprint density at radius 2 is 1.81 bits per heavy atom. The molecule has 1 aliphatic carbocycles. The molecule has 0 saturated heterocycles. The van der Waals surface area contributed by atoms with Crippen LogP contribution in [0.15, 0.2) is 47.4 Å². The molecule has 1 atom stereocenters. The molecule has 0 spiro atoms. The van der Waals surface area contributed by atoms with Gasteiger partial charge >= 0.3 is 0 Å². The number of ether oxygens (including phenoxy) is 2. The largest absolute Gasteiger partial charge is 0.496 e.